The van der Waals surface area contributed by atoms with Crippen molar-refractivity contribution in [3.05, 3.63) is 34.2 Å². The zero-order valence-corrected chi connectivity index (χ0v) is 9.42. The van der Waals surface area contributed by atoms with Crippen LogP contribution in [0.4, 0.5) is 0 Å². The molecule has 0 atom stereocenters. The second-order valence-corrected chi connectivity index (χ2v) is 4.42. The van der Waals surface area contributed by atoms with Crippen LogP contribution in [0.1, 0.15) is 9.67 Å². The summed E-state index contributed by atoms with van der Waals surface area (Å²) in [5.41, 5.74) is 0.720. The van der Waals surface area contributed by atoms with E-state index in [0.717, 1.165) is 16.9 Å². The van der Waals surface area contributed by atoms with Gasteiger partial charge in [0.2, 0.25) is 5.88 Å². The summed E-state index contributed by atoms with van der Waals surface area (Å²) in [6.07, 6.45) is 0. The smallest absolute Gasteiger partial charge is 0.351 e. The third-order valence-electron chi connectivity index (χ3n) is 1.89. The van der Waals surface area contributed by atoms with Crippen molar-refractivity contribution in [2.45, 2.75) is 0 Å². The van der Waals surface area contributed by atoms with Gasteiger partial charge in [0.15, 0.2) is 4.88 Å². The summed E-state index contributed by atoms with van der Waals surface area (Å²) in [6.45, 7) is 0. The Hall–Kier alpha value is -1.59. The van der Waals surface area contributed by atoms with Gasteiger partial charge in [-0.2, -0.15) is 0 Å². The van der Waals surface area contributed by atoms with Gasteiger partial charge in [-0.25, -0.2) is 9.78 Å². The van der Waals surface area contributed by atoms with Gasteiger partial charge in [0, 0.05) is 10.6 Å². The first kappa shape index (κ1) is 10.9. The summed E-state index contributed by atoms with van der Waals surface area (Å²) >= 11 is 6.65. The van der Waals surface area contributed by atoms with Crippen LogP contribution in [0.2, 0.25) is 5.02 Å². The molecule has 82 valence electrons. The summed E-state index contributed by atoms with van der Waals surface area (Å²) in [5, 5.41) is 19.1. The number of aromatic hydroxyl groups is 1. The molecule has 0 aliphatic rings. The monoisotopic (exact) mass is 255 g/mol. The fraction of sp³-hybridized carbons (Fsp3) is 0. The number of hydrogen-bond acceptors (Lipinski definition) is 4. The largest absolute Gasteiger partial charge is 0.492 e. The van der Waals surface area contributed by atoms with E-state index in [-0.39, 0.29) is 4.88 Å². The Balaban J connectivity index is 2.45. The van der Waals surface area contributed by atoms with Crippen LogP contribution in [0.3, 0.4) is 0 Å². The molecule has 0 bridgehead atoms. The molecule has 2 N–H and O–H groups in total. The fourth-order valence-electron chi connectivity index (χ4n) is 1.17. The maximum absolute atomic E-state index is 10.7. The summed E-state index contributed by atoms with van der Waals surface area (Å²) in [7, 11) is 0. The molecule has 0 radical (unpaired) electrons. The van der Waals surface area contributed by atoms with E-state index in [1.807, 2.05) is 0 Å². The number of thiazole rings is 1. The number of aromatic nitrogens is 1. The summed E-state index contributed by atoms with van der Waals surface area (Å²) < 4.78 is 0. The molecular weight excluding hydrogens is 250 g/mol. The van der Waals surface area contributed by atoms with Gasteiger partial charge < -0.3 is 10.2 Å². The average molecular weight is 256 g/mol. The number of aromatic carboxylic acids is 1. The molecule has 2 rings (SSSR count). The summed E-state index contributed by atoms with van der Waals surface area (Å²) in [4.78, 5) is 14.3. The molecule has 0 amide bonds. The molecule has 6 heteroatoms. The Bertz CT molecular complexity index is 535. The van der Waals surface area contributed by atoms with Gasteiger partial charge in [0.05, 0.1) is 0 Å². The second kappa shape index (κ2) is 4.11. The molecule has 2 aromatic rings. The topological polar surface area (TPSA) is 70.4 Å². The Morgan fingerprint density at radius 3 is 2.44 bits per heavy atom. The highest BCUT2D eigenvalue weighted by molar-refractivity contribution is 7.17. The number of hydrogen-bond donors (Lipinski definition) is 2. The van der Waals surface area contributed by atoms with Crippen LogP contribution in [-0.2, 0) is 0 Å². The van der Waals surface area contributed by atoms with Crippen molar-refractivity contribution in [2.75, 3.05) is 0 Å². The molecule has 0 saturated heterocycles. The van der Waals surface area contributed by atoms with Crippen molar-refractivity contribution in [2.24, 2.45) is 0 Å². The first-order chi connectivity index (χ1) is 7.58. The zero-order valence-electron chi connectivity index (χ0n) is 7.85. The molecule has 0 fully saturated rings. The normalized spacial score (nSPS) is 10.3. The van der Waals surface area contributed by atoms with Gasteiger partial charge in [-0.1, -0.05) is 23.7 Å². The van der Waals surface area contributed by atoms with Crippen LogP contribution in [-0.4, -0.2) is 21.2 Å². The van der Waals surface area contributed by atoms with E-state index in [1.54, 1.807) is 24.3 Å². The molecule has 1 aromatic carbocycles. The first-order valence-electron chi connectivity index (χ1n) is 4.27. The molecular formula is C10H6ClNO3S. The lowest BCUT2D eigenvalue weighted by Gasteiger charge is -1.94. The molecule has 0 aliphatic heterocycles. The Morgan fingerprint density at radius 1 is 1.31 bits per heavy atom. The van der Waals surface area contributed by atoms with Gasteiger partial charge in [-0.15, -0.1) is 11.3 Å². The fourth-order valence-corrected chi connectivity index (χ4v) is 2.10. The van der Waals surface area contributed by atoms with Crippen molar-refractivity contribution in [3.8, 4) is 16.5 Å². The number of halogens is 1. The highest BCUT2D eigenvalue weighted by atomic mass is 35.5. The van der Waals surface area contributed by atoms with Gasteiger partial charge in [-0.3, -0.25) is 0 Å². The zero-order chi connectivity index (χ0) is 11.7. The molecule has 4 nitrogen and oxygen atoms in total. The third-order valence-corrected chi connectivity index (χ3v) is 3.23. The SMILES string of the molecule is O=C(O)c1sc(-c2ccc(Cl)cc2)nc1O. The molecule has 16 heavy (non-hydrogen) atoms. The van der Waals surface area contributed by atoms with Crippen molar-refractivity contribution in [3.63, 3.8) is 0 Å². The Labute approximate surface area is 99.8 Å². The van der Waals surface area contributed by atoms with Gasteiger partial charge >= 0.3 is 5.97 Å². The highest BCUT2D eigenvalue weighted by Gasteiger charge is 2.17. The standard InChI is InChI=1S/C10H6ClNO3S/c11-6-3-1-5(2-4-6)9-12-8(13)7(16-9)10(14)15/h1-4,13H,(H,14,15). The lowest BCUT2D eigenvalue weighted by atomic mass is 10.2. The van der Waals surface area contributed by atoms with Gasteiger partial charge in [0.1, 0.15) is 5.01 Å². The van der Waals surface area contributed by atoms with Crippen LogP contribution in [0.5, 0.6) is 5.88 Å². The van der Waals surface area contributed by atoms with E-state index >= 15 is 0 Å². The number of carbonyl (C=O) groups is 1. The molecule has 1 heterocycles. The van der Waals surface area contributed by atoms with Crippen molar-refractivity contribution in [1.29, 1.82) is 0 Å². The van der Waals surface area contributed by atoms with Crippen LogP contribution in [0.15, 0.2) is 24.3 Å². The minimum absolute atomic E-state index is 0.162. The predicted octanol–water partition coefficient (Wildman–Crippen LogP) is 2.87. The lowest BCUT2D eigenvalue weighted by molar-refractivity contribution is 0.0699. The van der Waals surface area contributed by atoms with E-state index in [4.69, 9.17) is 16.7 Å². The number of benzene rings is 1. The van der Waals surface area contributed by atoms with E-state index in [0.29, 0.717) is 10.0 Å². The van der Waals surface area contributed by atoms with E-state index < -0.39 is 11.8 Å². The number of carboxylic acids is 1. The maximum atomic E-state index is 10.7. The van der Waals surface area contributed by atoms with Gasteiger partial charge in [0.25, 0.3) is 0 Å². The van der Waals surface area contributed by atoms with Crippen LogP contribution in [0, 0.1) is 0 Å². The van der Waals surface area contributed by atoms with Crippen LogP contribution in [0.25, 0.3) is 10.6 Å². The van der Waals surface area contributed by atoms with Crippen molar-refractivity contribution in [1.82, 2.24) is 4.98 Å². The molecule has 0 saturated carbocycles. The van der Waals surface area contributed by atoms with Crippen molar-refractivity contribution < 1.29 is 15.0 Å². The van der Waals surface area contributed by atoms with Crippen LogP contribution < -0.4 is 0 Å². The molecule has 0 aliphatic carbocycles. The molecule has 0 spiro atoms. The second-order valence-electron chi connectivity index (χ2n) is 2.98. The van der Waals surface area contributed by atoms with E-state index in [1.165, 1.54) is 0 Å². The number of nitrogens with zero attached hydrogens (tertiary/aromatic N) is 1. The Kier molecular flexibility index (Phi) is 2.80. The number of rotatable bonds is 2. The molecule has 0 unspecified atom stereocenters. The number of carboxylic acid groups (broad SMARTS) is 1. The highest BCUT2D eigenvalue weighted by Crippen LogP contribution is 2.32. The first-order valence-corrected chi connectivity index (χ1v) is 5.46. The minimum Gasteiger partial charge on any atom is -0.492 e. The van der Waals surface area contributed by atoms with Crippen molar-refractivity contribution >= 4 is 28.9 Å². The average Bonchev–Trinajstić information content (AvgIpc) is 2.61. The summed E-state index contributed by atoms with van der Waals surface area (Å²) in [5.74, 6) is -1.64. The quantitative estimate of drug-likeness (QED) is 0.866. The van der Waals surface area contributed by atoms with Crippen LogP contribution >= 0.6 is 22.9 Å². The van der Waals surface area contributed by atoms with E-state index in [2.05, 4.69) is 4.98 Å². The van der Waals surface area contributed by atoms with E-state index in [9.17, 15) is 9.90 Å². The predicted molar refractivity (Wildman–Crippen MR) is 61.2 cm³/mol. The lowest BCUT2D eigenvalue weighted by Crippen LogP contribution is -1.91. The maximum Gasteiger partial charge on any atom is 0.351 e. The minimum atomic E-state index is -1.18. The van der Waals surface area contributed by atoms with Gasteiger partial charge in [-0.05, 0) is 12.1 Å². The third kappa shape index (κ3) is 2.00. The molecule has 1 aromatic heterocycles. The Morgan fingerprint density at radius 2 is 1.94 bits per heavy atom. The summed E-state index contributed by atoms with van der Waals surface area (Å²) in [6, 6.07) is 6.78.